The number of benzene rings is 1. The van der Waals surface area contributed by atoms with Gasteiger partial charge in [0.15, 0.2) is 0 Å². The number of aromatic nitrogens is 5. The molecule has 2 unspecified atom stereocenters. The van der Waals surface area contributed by atoms with Crippen LogP contribution in [0.3, 0.4) is 0 Å². The third-order valence-corrected chi connectivity index (χ3v) is 8.44. The summed E-state index contributed by atoms with van der Waals surface area (Å²) in [6, 6.07) is 4.04. The van der Waals surface area contributed by atoms with E-state index >= 15 is 0 Å². The van der Waals surface area contributed by atoms with E-state index in [-0.39, 0.29) is 31.6 Å². The second-order valence-electron chi connectivity index (χ2n) is 9.58. The number of ether oxygens (including phenoxy) is 3. The number of halogens is 1. The molecular weight excluding hydrogens is 543 g/mol. The number of rotatable bonds is 10. The van der Waals surface area contributed by atoms with Crippen LogP contribution in [0, 0.1) is 12.7 Å². The number of amides is 1. The summed E-state index contributed by atoms with van der Waals surface area (Å²) < 4.78 is 33.6. The lowest BCUT2D eigenvalue weighted by Crippen LogP contribution is -2.53. The van der Waals surface area contributed by atoms with Crippen LogP contribution in [0.1, 0.15) is 30.6 Å². The van der Waals surface area contributed by atoms with E-state index in [0.717, 1.165) is 4.57 Å². The quantitative estimate of drug-likeness (QED) is 0.285. The Balaban J connectivity index is 1.78. The molecule has 4 heterocycles. The van der Waals surface area contributed by atoms with E-state index in [1.54, 1.807) is 13.8 Å². The van der Waals surface area contributed by atoms with Crippen molar-refractivity contribution in [2.24, 2.45) is 0 Å². The number of thiophene rings is 1. The molecule has 0 radical (unpaired) electrons. The third kappa shape index (κ3) is 4.61. The molecule has 14 heteroatoms. The first-order chi connectivity index (χ1) is 19.2. The van der Waals surface area contributed by atoms with Crippen molar-refractivity contribution in [3.8, 4) is 10.8 Å². The topological polar surface area (TPSA) is 132 Å². The normalized spacial score (nSPS) is 17.9. The van der Waals surface area contributed by atoms with Gasteiger partial charge in [0.2, 0.25) is 5.91 Å². The number of methoxy groups -OCH3 is 2. The Bertz CT molecular complexity index is 1680. The first-order valence-electron chi connectivity index (χ1n) is 12.6. The predicted molar refractivity (Wildman–Crippen MR) is 145 cm³/mol. The number of carbonyl (C=O) groups excluding carboxylic acids is 1. The van der Waals surface area contributed by atoms with Crippen LogP contribution in [0.15, 0.2) is 40.2 Å². The van der Waals surface area contributed by atoms with E-state index in [2.05, 4.69) is 15.5 Å². The summed E-state index contributed by atoms with van der Waals surface area (Å²) >= 11 is 1.17. The van der Waals surface area contributed by atoms with Crippen molar-refractivity contribution in [1.82, 2.24) is 29.4 Å². The highest BCUT2D eigenvalue weighted by Crippen LogP contribution is 2.34. The SMILES string of the molecule is COCCOC(Cn1c(=O)n(C2(C)CCNC2=O)c(=O)c2c(C)c(-n3nccn3)sc21)c1cc(F)ccc1OC. The molecule has 2 atom stereocenters. The van der Waals surface area contributed by atoms with Crippen molar-refractivity contribution < 1.29 is 23.4 Å². The molecule has 4 aromatic rings. The van der Waals surface area contributed by atoms with Crippen molar-refractivity contribution in [3.05, 3.63) is 68.4 Å². The minimum Gasteiger partial charge on any atom is -0.496 e. The van der Waals surface area contributed by atoms with Gasteiger partial charge in [-0.25, -0.2) is 13.8 Å². The first-order valence-corrected chi connectivity index (χ1v) is 13.4. The van der Waals surface area contributed by atoms with Crippen LogP contribution in [0.5, 0.6) is 5.75 Å². The Morgan fingerprint density at radius 1 is 1.18 bits per heavy atom. The van der Waals surface area contributed by atoms with Gasteiger partial charge >= 0.3 is 5.69 Å². The highest BCUT2D eigenvalue weighted by atomic mass is 32.1. The van der Waals surface area contributed by atoms with Crippen molar-refractivity contribution in [2.75, 3.05) is 34.0 Å². The van der Waals surface area contributed by atoms with Gasteiger partial charge in [-0.3, -0.25) is 14.2 Å². The van der Waals surface area contributed by atoms with Crippen molar-refractivity contribution in [2.45, 2.75) is 38.5 Å². The minimum absolute atomic E-state index is 0.108. The Morgan fingerprint density at radius 3 is 2.58 bits per heavy atom. The van der Waals surface area contributed by atoms with E-state index in [0.29, 0.717) is 33.3 Å². The number of hydrogen-bond donors (Lipinski definition) is 1. The molecule has 40 heavy (non-hydrogen) atoms. The van der Waals surface area contributed by atoms with Gasteiger partial charge in [-0.2, -0.15) is 10.2 Å². The predicted octanol–water partition coefficient (Wildman–Crippen LogP) is 1.90. The zero-order valence-corrected chi connectivity index (χ0v) is 23.3. The summed E-state index contributed by atoms with van der Waals surface area (Å²) in [6.45, 7) is 3.94. The minimum atomic E-state index is -1.40. The van der Waals surface area contributed by atoms with Gasteiger partial charge in [0.05, 0.1) is 44.6 Å². The van der Waals surface area contributed by atoms with E-state index in [4.69, 9.17) is 14.2 Å². The van der Waals surface area contributed by atoms with Gasteiger partial charge in [0.1, 0.15) is 33.0 Å². The number of fused-ring (bicyclic) bond motifs is 1. The van der Waals surface area contributed by atoms with E-state index < -0.39 is 34.6 Å². The third-order valence-electron chi connectivity index (χ3n) is 7.16. The first kappa shape index (κ1) is 27.7. The number of carbonyl (C=O) groups is 1. The second kappa shape index (κ2) is 10.9. The Kier molecular flexibility index (Phi) is 7.57. The summed E-state index contributed by atoms with van der Waals surface area (Å²) in [4.78, 5) is 42.8. The monoisotopic (exact) mass is 572 g/mol. The molecule has 12 nitrogen and oxygen atoms in total. The lowest BCUT2D eigenvalue weighted by atomic mass is 10.00. The van der Waals surface area contributed by atoms with Gasteiger partial charge in [0, 0.05) is 24.8 Å². The number of aryl methyl sites for hydroxylation is 1. The highest BCUT2D eigenvalue weighted by molar-refractivity contribution is 7.21. The second-order valence-corrected chi connectivity index (χ2v) is 10.6. The van der Waals surface area contributed by atoms with E-state index in [9.17, 15) is 18.8 Å². The van der Waals surface area contributed by atoms with Crippen molar-refractivity contribution in [3.63, 3.8) is 0 Å². The average Bonchev–Trinajstić information content (AvgIpc) is 3.66. The highest BCUT2D eigenvalue weighted by Gasteiger charge is 2.43. The van der Waals surface area contributed by atoms with Crippen LogP contribution in [0.4, 0.5) is 4.39 Å². The Hall–Kier alpha value is -3.88. The average molecular weight is 573 g/mol. The lowest BCUT2D eigenvalue weighted by molar-refractivity contribution is -0.126. The van der Waals surface area contributed by atoms with Gasteiger partial charge in [-0.1, -0.05) is 11.3 Å². The van der Waals surface area contributed by atoms with Crippen LogP contribution < -0.4 is 21.3 Å². The van der Waals surface area contributed by atoms with Gasteiger partial charge in [-0.05, 0) is 38.5 Å². The van der Waals surface area contributed by atoms with Crippen LogP contribution >= 0.6 is 11.3 Å². The van der Waals surface area contributed by atoms with E-state index in [1.165, 1.54) is 65.5 Å². The molecule has 1 amide bonds. The van der Waals surface area contributed by atoms with E-state index in [1.807, 2.05) is 0 Å². The zero-order chi connectivity index (χ0) is 28.6. The smallest absolute Gasteiger partial charge is 0.333 e. The molecule has 1 fully saturated rings. The molecule has 0 bridgehead atoms. The van der Waals surface area contributed by atoms with Crippen molar-refractivity contribution >= 4 is 27.5 Å². The molecule has 5 rings (SSSR count). The van der Waals surface area contributed by atoms with Crippen LogP contribution in [0.2, 0.25) is 0 Å². The van der Waals surface area contributed by atoms with Crippen LogP contribution in [0.25, 0.3) is 15.2 Å². The fraction of sp³-hybridized carbons (Fsp3) is 0.423. The molecule has 0 spiro atoms. The van der Waals surface area contributed by atoms with Gasteiger partial charge in [-0.15, -0.1) is 4.80 Å². The zero-order valence-electron chi connectivity index (χ0n) is 22.5. The van der Waals surface area contributed by atoms with Crippen LogP contribution in [-0.2, 0) is 26.4 Å². The summed E-state index contributed by atoms with van der Waals surface area (Å²) in [7, 11) is 2.98. The molecule has 1 aliphatic heterocycles. The molecule has 3 aromatic heterocycles. The molecule has 212 valence electrons. The number of nitrogens with zero attached hydrogens (tertiary/aromatic N) is 5. The fourth-order valence-corrected chi connectivity index (χ4v) is 6.24. The summed E-state index contributed by atoms with van der Waals surface area (Å²) in [6.07, 6.45) is 2.41. The maximum atomic E-state index is 14.4. The lowest BCUT2D eigenvalue weighted by Gasteiger charge is -2.26. The molecule has 0 saturated carbocycles. The van der Waals surface area contributed by atoms with Gasteiger partial charge in [0.25, 0.3) is 5.56 Å². The molecule has 1 N–H and O–H groups in total. The van der Waals surface area contributed by atoms with Crippen molar-refractivity contribution in [1.29, 1.82) is 0 Å². The maximum Gasteiger partial charge on any atom is 0.333 e. The molecule has 1 aliphatic rings. The molecular formula is C26H29FN6O6S. The molecule has 1 saturated heterocycles. The van der Waals surface area contributed by atoms with Crippen LogP contribution in [-0.4, -0.2) is 64.0 Å². The maximum absolute atomic E-state index is 14.4. The Labute approximate surface area is 231 Å². The summed E-state index contributed by atoms with van der Waals surface area (Å²) in [5.74, 6) is -0.556. The molecule has 0 aliphatic carbocycles. The number of nitrogens with one attached hydrogen (secondary N) is 1. The Morgan fingerprint density at radius 2 is 1.93 bits per heavy atom. The largest absolute Gasteiger partial charge is 0.496 e. The number of hydrogen-bond acceptors (Lipinski definition) is 9. The molecule has 1 aromatic carbocycles. The summed E-state index contributed by atoms with van der Waals surface area (Å²) in [5.41, 5.74) is -1.72. The van der Waals surface area contributed by atoms with Gasteiger partial charge < -0.3 is 19.5 Å². The standard InChI is InChI=1S/C26H29FN6O6S/c1-15-20-21(34)32(26(2)7-8-28-24(26)35)25(36)31(23(20)40-22(15)33-29-9-10-30-33)14-19(39-12-11-37-3)17-13-16(27)5-6-18(17)38-4/h5-6,9-10,13,19H,7-8,11-12,14H2,1-4H3,(H,28,35). The summed E-state index contributed by atoms with van der Waals surface area (Å²) in [5, 5.41) is 11.9. The fourth-order valence-electron chi connectivity index (χ4n) is 5.02.